The fourth-order valence-electron chi connectivity index (χ4n) is 3.37. The van der Waals surface area contributed by atoms with Gasteiger partial charge in [0.2, 0.25) is 5.91 Å². The number of aromatic amines is 1. The molecule has 0 radical (unpaired) electrons. The third-order valence-corrected chi connectivity index (χ3v) is 4.72. The van der Waals surface area contributed by atoms with Crippen LogP contribution in [0.25, 0.3) is 0 Å². The van der Waals surface area contributed by atoms with Gasteiger partial charge in [-0.15, -0.1) is 0 Å². The van der Waals surface area contributed by atoms with E-state index in [9.17, 15) is 14.0 Å². The Balaban J connectivity index is 1.85. The van der Waals surface area contributed by atoms with Crippen LogP contribution in [0.4, 0.5) is 4.39 Å². The smallest absolute Gasteiger partial charge is 0.251 e. The summed E-state index contributed by atoms with van der Waals surface area (Å²) in [4.78, 5) is 31.6. The Kier molecular flexibility index (Phi) is 6.61. The van der Waals surface area contributed by atoms with Gasteiger partial charge in [0.25, 0.3) is 5.56 Å². The molecule has 1 atom stereocenters. The predicted molar refractivity (Wildman–Crippen MR) is 112 cm³/mol. The number of aryl methyl sites for hydroxylation is 2. The summed E-state index contributed by atoms with van der Waals surface area (Å²) in [6.45, 7) is 3.64. The molecule has 2 aromatic carbocycles. The third-order valence-electron chi connectivity index (χ3n) is 4.72. The van der Waals surface area contributed by atoms with E-state index in [1.807, 2.05) is 25.1 Å². The van der Waals surface area contributed by atoms with Crippen molar-refractivity contribution in [2.45, 2.75) is 32.7 Å². The fourth-order valence-corrected chi connectivity index (χ4v) is 3.37. The summed E-state index contributed by atoms with van der Waals surface area (Å²) in [5.41, 5.74) is 2.81. The van der Waals surface area contributed by atoms with Gasteiger partial charge in [-0.05, 0) is 37.6 Å². The lowest BCUT2D eigenvalue weighted by atomic mass is 10.0. The molecule has 30 heavy (non-hydrogen) atoms. The van der Waals surface area contributed by atoms with E-state index in [1.165, 1.54) is 18.2 Å². The molecule has 6 nitrogen and oxygen atoms in total. The number of H-pyrrole nitrogens is 1. The Morgan fingerprint density at radius 2 is 1.90 bits per heavy atom. The maximum Gasteiger partial charge on any atom is 0.251 e. The Hall–Kier alpha value is -3.48. The molecule has 1 aromatic heterocycles. The summed E-state index contributed by atoms with van der Waals surface area (Å²) in [6.07, 6.45) is 0.428. The number of halogens is 1. The van der Waals surface area contributed by atoms with Crippen LogP contribution in [0.5, 0.6) is 5.75 Å². The van der Waals surface area contributed by atoms with Gasteiger partial charge in [0.05, 0.1) is 25.3 Å². The van der Waals surface area contributed by atoms with Crippen LogP contribution >= 0.6 is 0 Å². The van der Waals surface area contributed by atoms with Crippen LogP contribution in [-0.2, 0) is 17.6 Å². The normalized spacial score (nSPS) is 11.7. The number of amides is 1. The molecule has 0 bridgehead atoms. The van der Waals surface area contributed by atoms with Crippen molar-refractivity contribution in [1.29, 1.82) is 0 Å². The Bertz CT molecular complexity index is 1090. The van der Waals surface area contributed by atoms with Gasteiger partial charge in [-0.2, -0.15) is 0 Å². The number of carbonyl (C=O) groups excluding carboxylic acids is 1. The van der Waals surface area contributed by atoms with E-state index in [2.05, 4.69) is 15.3 Å². The largest absolute Gasteiger partial charge is 0.496 e. The second-order valence-electron chi connectivity index (χ2n) is 7.19. The molecule has 3 aromatic rings. The standard InChI is InChI=1S/C23H24FN3O3/c1-14-4-9-21(30-3)17(10-14)11-22(28)27-20(16-5-7-18(24)8-6-16)12-19-13-23(29)26-15(2)25-19/h4-10,13,20H,11-12H2,1-3H3,(H,27,28)(H,25,26,29)/t20-/m0/s1. The molecule has 1 amide bonds. The van der Waals surface area contributed by atoms with E-state index >= 15 is 0 Å². The van der Waals surface area contributed by atoms with Crippen LogP contribution < -0.4 is 15.6 Å². The maximum atomic E-state index is 13.4. The molecule has 0 saturated heterocycles. The molecule has 0 unspecified atom stereocenters. The van der Waals surface area contributed by atoms with Crippen LogP contribution in [-0.4, -0.2) is 23.0 Å². The van der Waals surface area contributed by atoms with E-state index in [-0.39, 0.29) is 23.7 Å². The van der Waals surface area contributed by atoms with Crippen molar-refractivity contribution in [2.24, 2.45) is 0 Å². The van der Waals surface area contributed by atoms with Crippen LogP contribution in [0.1, 0.15) is 34.3 Å². The van der Waals surface area contributed by atoms with Gasteiger partial charge in [-0.25, -0.2) is 9.37 Å². The molecule has 0 aliphatic rings. The highest BCUT2D eigenvalue weighted by molar-refractivity contribution is 5.80. The predicted octanol–water partition coefficient (Wildman–Crippen LogP) is 3.18. The first-order valence-electron chi connectivity index (χ1n) is 9.59. The molecule has 156 valence electrons. The Labute approximate surface area is 174 Å². The molecule has 7 heteroatoms. The van der Waals surface area contributed by atoms with Gasteiger partial charge in [0.15, 0.2) is 0 Å². The lowest BCUT2D eigenvalue weighted by molar-refractivity contribution is -0.121. The zero-order valence-corrected chi connectivity index (χ0v) is 17.2. The lowest BCUT2D eigenvalue weighted by Gasteiger charge is -2.20. The number of carbonyl (C=O) groups is 1. The minimum Gasteiger partial charge on any atom is -0.496 e. The quantitative estimate of drug-likeness (QED) is 0.628. The van der Waals surface area contributed by atoms with E-state index in [0.29, 0.717) is 23.7 Å². The van der Waals surface area contributed by atoms with Gasteiger partial charge >= 0.3 is 0 Å². The average molecular weight is 409 g/mol. The highest BCUT2D eigenvalue weighted by atomic mass is 19.1. The molecule has 1 heterocycles. The number of benzene rings is 2. The average Bonchev–Trinajstić information content (AvgIpc) is 2.67. The van der Waals surface area contributed by atoms with Gasteiger partial charge in [-0.1, -0.05) is 29.8 Å². The molecular formula is C23H24FN3O3. The van der Waals surface area contributed by atoms with Gasteiger partial charge in [0, 0.05) is 18.1 Å². The number of ether oxygens (including phenoxy) is 1. The van der Waals surface area contributed by atoms with Crippen LogP contribution in [0.3, 0.4) is 0 Å². The lowest BCUT2D eigenvalue weighted by Crippen LogP contribution is -2.32. The summed E-state index contributed by atoms with van der Waals surface area (Å²) < 4.78 is 18.8. The molecule has 3 rings (SSSR count). The van der Waals surface area contributed by atoms with E-state index < -0.39 is 6.04 Å². The summed E-state index contributed by atoms with van der Waals surface area (Å²) >= 11 is 0. The van der Waals surface area contributed by atoms with E-state index in [0.717, 1.165) is 16.7 Å². The molecular weight excluding hydrogens is 385 g/mol. The molecule has 2 N–H and O–H groups in total. The molecule has 0 saturated carbocycles. The van der Waals surface area contributed by atoms with Crippen LogP contribution in [0.15, 0.2) is 53.3 Å². The molecule has 0 aliphatic carbocycles. The molecule has 0 aliphatic heterocycles. The molecule has 0 fully saturated rings. The Morgan fingerprint density at radius 3 is 2.57 bits per heavy atom. The zero-order valence-electron chi connectivity index (χ0n) is 17.2. The summed E-state index contributed by atoms with van der Waals surface area (Å²) in [7, 11) is 1.56. The van der Waals surface area contributed by atoms with Crippen molar-refractivity contribution in [3.05, 3.63) is 92.9 Å². The topological polar surface area (TPSA) is 84.1 Å². The van der Waals surface area contributed by atoms with Crippen molar-refractivity contribution in [1.82, 2.24) is 15.3 Å². The monoisotopic (exact) mass is 409 g/mol. The number of aromatic nitrogens is 2. The van der Waals surface area contributed by atoms with Crippen LogP contribution in [0.2, 0.25) is 0 Å². The maximum absolute atomic E-state index is 13.4. The van der Waals surface area contributed by atoms with Gasteiger partial charge in [-0.3, -0.25) is 9.59 Å². The van der Waals surface area contributed by atoms with Crippen molar-refractivity contribution in [2.75, 3.05) is 7.11 Å². The second-order valence-corrected chi connectivity index (χ2v) is 7.19. The van der Waals surface area contributed by atoms with Crippen LogP contribution in [0, 0.1) is 19.7 Å². The van der Waals surface area contributed by atoms with E-state index in [1.54, 1.807) is 26.2 Å². The summed E-state index contributed by atoms with van der Waals surface area (Å²) in [5.74, 6) is 0.556. The number of hydrogen-bond donors (Lipinski definition) is 2. The first-order valence-corrected chi connectivity index (χ1v) is 9.59. The van der Waals surface area contributed by atoms with Crippen molar-refractivity contribution >= 4 is 5.91 Å². The Morgan fingerprint density at radius 1 is 1.17 bits per heavy atom. The zero-order chi connectivity index (χ0) is 21.7. The van der Waals surface area contributed by atoms with Gasteiger partial charge < -0.3 is 15.0 Å². The SMILES string of the molecule is COc1ccc(C)cc1CC(=O)N[C@@H](Cc1cc(=O)[nH]c(C)n1)c1ccc(F)cc1. The second kappa shape index (κ2) is 9.35. The highest BCUT2D eigenvalue weighted by Crippen LogP contribution is 2.22. The highest BCUT2D eigenvalue weighted by Gasteiger charge is 2.18. The van der Waals surface area contributed by atoms with Gasteiger partial charge in [0.1, 0.15) is 17.4 Å². The number of hydrogen-bond acceptors (Lipinski definition) is 4. The van der Waals surface area contributed by atoms with Crippen molar-refractivity contribution in [3.63, 3.8) is 0 Å². The third kappa shape index (κ3) is 5.53. The summed E-state index contributed by atoms with van der Waals surface area (Å²) in [6, 6.07) is 12.5. The minimum atomic E-state index is -0.470. The number of nitrogens with zero attached hydrogens (tertiary/aromatic N) is 1. The van der Waals surface area contributed by atoms with Crippen molar-refractivity contribution in [3.8, 4) is 5.75 Å². The number of nitrogens with one attached hydrogen (secondary N) is 2. The minimum absolute atomic E-state index is 0.129. The fraction of sp³-hybridized carbons (Fsp3) is 0.261. The first kappa shape index (κ1) is 21.2. The van der Waals surface area contributed by atoms with E-state index in [4.69, 9.17) is 4.74 Å². The van der Waals surface area contributed by atoms with Crippen molar-refractivity contribution < 1.29 is 13.9 Å². The number of rotatable bonds is 7. The summed E-state index contributed by atoms with van der Waals surface area (Å²) in [5, 5.41) is 2.99. The first-order chi connectivity index (χ1) is 14.3. The molecule has 0 spiro atoms. The number of methoxy groups -OCH3 is 1.